The van der Waals surface area contributed by atoms with E-state index in [1.54, 1.807) is 0 Å². The van der Waals surface area contributed by atoms with E-state index in [9.17, 15) is 4.79 Å². The second kappa shape index (κ2) is 7.49. The lowest BCUT2D eigenvalue weighted by atomic mass is 9.73. The molecule has 136 valence electrons. The summed E-state index contributed by atoms with van der Waals surface area (Å²) in [6.45, 7) is 4.38. The van der Waals surface area contributed by atoms with Crippen molar-refractivity contribution < 1.29 is 4.79 Å². The van der Waals surface area contributed by atoms with Crippen LogP contribution in [-0.4, -0.2) is 47.9 Å². The number of benzene rings is 1. The van der Waals surface area contributed by atoms with Crippen molar-refractivity contribution in [2.24, 2.45) is 5.41 Å². The highest BCUT2D eigenvalue weighted by Crippen LogP contribution is 2.41. The highest BCUT2D eigenvalue weighted by atomic mass is 16.2. The number of piperidine rings is 2. The quantitative estimate of drug-likeness (QED) is 0.830. The first-order chi connectivity index (χ1) is 12.2. The standard InChI is InChI=1S/C22H32N2O/c25-21-11-14-22(13-6-15-23(17-22)20-9-4-5-10-20)18-24(21)16-12-19-7-2-1-3-8-19/h1-3,7-8,20H,4-6,9-18H2/t22-/m1/s1. The van der Waals surface area contributed by atoms with Crippen molar-refractivity contribution in [3.63, 3.8) is 0 Å². The van der Waals surface area contributed by atoms with Crippen LogP contribution in [0.3, 0.4) is 0 Å². The average Bonchev–Trinajstić information content (AvgIpc) is 3.19. The molecule has 0 unspecified atom stereocenters. The van der Waals surface area contributed by atoms with Crippen LogP contribution in [0.25, 0.3) is 0 Å². The molecule has 25 heavy (non-hydrogen) atoms. The van der Waals surface area contributed by atoms with Gasteiger partial charge >= 0.3 is 0 Å². The summed E-state index contributed by atoms with van der Waals surface area (Å²) in [6.07, 6.45) is 11.1. The molecule has 0 aromatic heterocycles. The summed E-state index contributed by atoms with van der Waals surface area (Å²) in [7, 11) is 0. The summed E-state index contributed by atoms with van der Waals surface area (Å²) >= 11 is 0. The minimum atomic E-state index is 0.367. The van der Waals surface area contributed by atoms with Gasteiger partial charge in [-0.05, 0) is 50.6 Å². The fourth-order valence-corrected chi connectivity index (χ4v) is 5.38. The predicted octanol–water partition coefficient (Wildman–Crippen LogP) is 3.88. The van der Waals surface area contributed by atoms with Crippen LogP contribution >= 0.6 is 0 Å². The van der Waals surface area contributed by atoms with Gasteiger partial charge in [0, 0.05) is 37.5 Å². The number of hydrogen-bond acceptors (Lipinski definition) is 2. The van der Waals surface area contributed by atoms with Gasteiger partial charge in [-0.2, -0.15) is 0 Å². The van der Waals surface area contributed by atoms with Crippen LogP contribution in [0, 0.1) is 5.41 Å². The van der Waals surface area contributed by atoms with Gasteiger partial charge in [-0.25, -0.2) is 0 Å². The maximum absolute atomic E-state index is 12.5. The smallest absolute Gasteiger partial charge is 0.222 e. The van der Waals surface area contributed by atoms with Crippen molar-refractivity contribution in [2.75, 3.05) is 26.2 Å². The van der Waals surface area contributed by atoms with E-state index in [1.165, 1.54) is 57.2 Å². The van der Waals surface area contributed by atoms with Crippen LogP contribution in [0.15, 0.2) is 30.3 Å². The second-order valence-corrected chi connectivity index (χ2v) is 8.56. The van der Waals surface area contributed by atoms with E-state index in [0.717, 1.165) is 38.4 Å². The minimum Gasteiger partial charge on any atom is -0.342 e. The van der Waals surface area contributed by atoms with Crippen molar-refractivity contribution in [2.45, 2.75) is 63.8 Å². The van der Waals surface area contributed by atoms with E-state index >= 15 is 0 Å². The second-order valence-electron chi connectivity index (χ2n) is 8.56. The zero-order valence-electron chi connectivity index (χ0n) is 15.5. The zero-order valence-corrected chi connectivity index (χ0v) is 15.5. The Bertz CT molecular complexity index is 581. The van der Waals surface area contributed by atoms with Crippen molar-refractivity contribution in [3.05, 3.63) is 35.9 Å². The Labute approximate surface area is 152 Å². The van der Waals surface area contributed by atoms with Crippen molar-refractivity contribution in [1.82, 2.24) is 9.80 Å². The fraction of sp³-hybridized carbons (Fsp3) is 0.682. The number of carbonyl (C=O) groups is 1. The highest BCUT2D eigenvalue weighted by Gasteiger charge is 2.42. The number of carbonyl (C=O) groups excluding carboxylic acids is 1. The summed E-state index contributed by atoms with van der Waals surface area (Å²) in [5, 5.41) is 0. The van der Waals surface area contributed by atoms with Crippen molar-refractivity contribution in [3.8, 4) is 0 Å². The Morgan fingerprint density at radius 2 is 1.80 bits per heavy atom. The lowest BCUT2D eigenvalue weighted by Gasteiger charge is -2.49. The van der Waals surface area contributed by atoms with E-state index in [-0.39, 0.29) is 0 Å². The molecule has 3 heteroatoms. The minimum absolute atomic E-state index is 0.367. The Morgan fingerprint density at radius 1 is 1.00 bits per heavy atom. The number of hydrogen-bond donors (Lipinski definition) is 0. The Kier molecular flexibility index (Phi) is 5.12. The first kappa shape index (κ1) is 17.1. The molecule has 3 fully saturated rings. The normalized spacial score (nSPS) is 28.8. The topological polar surface area (TPSA) is 23.6 Å². The molecule has 1 aliphatic carbocycles. The number of amides is 1. The van der Waals surface area contributed by atoms with Crippen LogP contribution in [0.4, 0.5) is 0 Å². The molecule has 1 saturated carbocycles. The van der Waals surface area contributed by atoms with E-state index in [2.05, 4.69) is 40.1 Å². The molecule has 2 saturated heterocycles. The third-order valence-electron chi connectivity index (χ3n) is 6.79. The molecule has 3 aliphatic rings. The van der Waals surface area contributed by atoms with Gasteiger partial charge in [0.2, 0.25) is 5.91 Å². The summed E-state index contributed by atoms with van der Waals surface area (Å²) in [5.41, 5.74) is 1.71. The first-order valence-electron chi connectivity index (χ1n) is 10.3. The number of nitrogens with zero attached hydrogens (tertiary/aromatic N) is 2. The van der Waals surface area contributed by atoms with Crippen LogP contribution in [0.2, 0.25) is 0 Å². The van der Waals surface area contributed by atoms with Gasteiger partial charge in [0.15, 0.2) is 0 Å². The van der Waals surface area contributed by atoms with Gasteiger partial charge in [0.25, 0.3) is 0 Å². The molecule has 1 aromatic rings. The van der Waals surface area contributed by atoms with E-state index in [1.807, 2.05) is 0 Å². The fourth-order valence-electron chi connectivity index (χ4n) is 5.38. The molecule has 2 aliphatic heterocycles. The summed E-state index contributed by atoms with van der Waals surface area (Å²) < 4.78 is 0. The monoisotopic (exact) mass is 340 g/mol. The molecule has 1 aromatic carbocycles. The van der Waals surface area contributed by atoms with Gasteiger partial charge < -0.3 is 4.90 Å². The summed E-state index contributed by atoms with van der Waals surface area (Å²) in [4.78, 5) is 17.4. The third-order valence-corrected chi connectivity index (χ3v) is 6.79. The van der Waals surface area contributed by atoms with Crippen LogP contribution in [0.5, 0.6) is 0 Å². The molecule has 0 N–H and O–H groups in total. The molecule has 4 rings (SSSR count). The molecule has 1 amide bonds. The average molecular weight is 341 g/mol. The number of likely N-dealkylation sites (tertiary alicyclic amines) is 2. The van der Waals surface area contributed by atoms with Gasteiger partial charge in [0.1, 0.15) is 0 Å². The Balaban J connectivity index is 1.39. The highest BCUT2D eigenvalue weighted by molar-refractivity contribution is 5.77. The lowest BCUT2D eigenvalue weighted by Crippen LogP contribution is -2.55. The number of rotatable bonds is 4. The molecular weight excluding hydrogens is 308 g/mol. The molecule has 3 nitrogen and oxygen atoms in total. The molecule has 0 bridgehead atoms. The van der Waals surface area contributed by atoms with E-state index < -0.39 is 0 Å². The SMILES string of the molecule is O=C1CC[C@@]2(CCCN(C3CCCC3)C2)CN1CCc1ccccc1. The Morgan fingerprint density at radius 3 is 2.60 bits per heavy atom. The maximum atomic E-state index is 12.5. The van der Waals surface area contributed by atoms with Gasteiger partial charge in [-0.15, -0.1) is 0 Å². The van der Waals surface area contributed by atoms with Crippen molar-refractivity contribution >= 4 is 5.91 Å². The lowest BCUT2D eigenvalue weighted by molar-refractivity contribution is -0.139. The van der Waals surface area contributed by atoms with E-state index in [4.69, 9.17) is 0 Å². The molecular formula is C22H32N2O. The largest absolute Gasteiger partial charge is 0.342 e. The van der Waals surface area contributed by atoms with Crippen LogP contribution in [-0.2, 0) is 11.2 Å². The van der Waals surface area contributed by atoms with Gasteiger partial charge in [-0.3, -0.25) is 9.69 Å². The van der Waals surface area contributed by atoms with Crippen molar-refractivity contribution in [1.29, 1.82) is 0 Å². The molecule has 2 heterocycles. The zero-order chi connectivity index (χ0) is 17.1. The Hall–Kier alpha value is -1.35. The predicted molar refractivity (Wildman–Crippen MR) is 101 cm³/mol. The van der Waals surface area contributed by atoms with E-state index in [0.29, 0.717) is 11.3 Å². The summed E-state index contributed by atoms with van der Waals surface area (Å²) in [6, 6.07) is 11.4. The molecule has 1 spiro atoms. The van der Waals surface area contributed by atoms with Gasteiger partial charge in [-0.1, -0.05) is 43.2 Å². The summed E-state index contributed by atoms with van der Waals surface area (Å²) in [5.74, 6) is 0.375. The molecule has 1 atom stereocenters. The first-order valence-corrected chi connectivity index (χ1v) is 10.3. The molecule has 0 radical (unpaired) electrons. The maximum Gasteiger partial charge on any atom is 0.222 e. The third kappa shape index (κ3) is 3.92. The van der Waals surface area contributed by atoms with Crippen LogP contribution in [0.1, 0.15) is 56.9 Å². The van der Waals surface area contributed by atoms with Gasteiger partial charge in [0.05, 0.1) is 0 Å². The van der Waals surface area contributed by atoms with Crippen LogP contribution < -0.4 is 0 Å².